The van der Waals surface area contributed by atoms with Gasteiger partial charge in [-0.2, -0.15) is 0 Å². The summed E-state index contributed by atoms with van der Waals surface area (Å²) >= 11 is 3.44. The van der Waals surface area contributed by atoms with Crippen LogP contribution in [0.5, 0.6) is 5.75 Å². The molecule has 0 bridgehead atoms. The summed E-state index contributed by atoms with van der Waals surface area (Å²) in [6.07, 6.45) is 1.02. The Balaban J connectivity index is 2.81. The number of benzene rings is 1. The van der Waals surface area contributed by atoms with E-state index >= 15 is 0 Å². The van der Waals surface area contributed by atoms with Gasteiger partial charge in [-0.3, -0.25) is 4.90 Å². The Kier molecular flexibility index (Phi) is 5.29. The molecule has 0 N–H and O–H groups in total. The maximum Gasteiger partial charge on any atom is 0.122 e. The second-order valence-electron chi connectivity index (χ2n) is 4.20. The topological polar surface area (TPSA) is 12.5 Å². The van der Waals surface area contributed by atoms with Gasteiger partial charge in [0.05, 0.1) is 12.6 Å². The maximum absolute atomic E-state index is 5.42. The number of ether oxygens (including phenoxy) is 1. The minimum absolute atomic E-state index is 0.903. The SMILES string of the molecule is COc1cc(C)c(C)cc1CCN(C)CBr. The van der Waals surface area contributed by atoms with E-state index in [4.69, 9.17) is 4.74 Å². The van der Waals surface area contributed by atoms with Crippen molar-refractivity contribution in [1.82, 2.24) is 4.90 Å². The Morgan fingerprint density at radius 2 is 1.88 bits per heavy atom. The van der Waals surface area contributed by atoms with Crippen LogP contribution in [0.4, 0.5) is 0 Å². The van der Waals surface area contributed by atoms with Crippen molar-refractivity contribution in [2.24, 2.45) is 0 Å². The summed E-state index contributed by atoms with van der Waals surface area (Å²) in [5.74, 6) is 1.01. The summed E-state index contributed by atoms with van der Waals surface area (Å²) in [4.78, 5) is 2.23. The van der Waals surface area contributed by atoms with Crippen molar-refractivity contribution in [3.63, 3.8) is 0 Å². The first kappa shape index (κ1) is 13.5. The summed E-state index contributed by atoms with van der Waals surface area (Å²) in [5.41, 5.74) is 4.81. The van der Waals surface area contributed by atoms with Crippen LogP contribution in [0, 0.1) is 13.8 Å². The molecule has 1 rings (SSSR count). The summed E-state index contributed by atoms with van der Waals surface area (Å²) in [7, 11) is 3.84. The number of likely N-dealkylation sites (N-methyl/N-ethyl adjacent to an activating group) is 1. The van der Waals surface area contributed by atoms with Crippen LogP contribution in [0.15, 0.2) is 12.1 Å². The number of rotatable bonds is 5. The summed E-state index contributed by atoms with van der Waals surface area (Å²) in [6, 6.07) is 4.36. The highest BCUT2D eigenvalue weighted by atomic mass is 79.9. The third kappa shape index (κ3) is 3.49. The van der Waals surface area contributed by atoms with Gasteiger partial charge in [0.15, 0.2) is 0 Å². The first-order valence-electron chi connectivity index (χ1n) is 5.47. The van der Waals surface area contributed by atoms with E-state index in [-0.39, 0.29) is 0 Å². The molecule has 0 aliphatic carbocycles. The molecular formula is C13H20BrNO. The van der Waals surface area contributed by atoms with Crippen LogP contribution in [0.3, 0.4) is 0 Å². The van der Waals surface area contributed by atoms with Crippen molar-refractivity contribution in [1.29, 1.82) is 0 Å². The molecule has 2 nitrogen and oxygen atoms in total. The number of alkyl halides is 1. The highest BCUT2D eigenvalue weighted by Crippen LogP contribution is 2.23. The van der Waals surface area contributed by atoms with E-state index in [9.17, 15) is 0 Å². The second-order valence-corrected chi connectivity index (χ2v) is 4.70. The van der Waals surface area contributed by atoms with E-state index in [0.717, 1.165) is 24.2 Å². The number of methoxy groups -OCH3 is 1. The molecule has 16 heavy (non-hydrogen) atoms. The lowest BCUT2D eigenvalue weighted by Gasteiger charge is -2.15. The molecule has 0 amide bonds. The molecule has 0 fully saturated rings. The molecule has 0 spiro atoms. The molecule has 0 saturated heterocycles. The average molecular weight is 286 g/mol. The summed E-state index contributed by atoms with van der Waals surface area (Å²) in [5, 5.41) is 0. The Morgan fingerprint density at radius 3 is 2.44 bits per heavy atom. The van der Waals surface area contributed by atoms with Gasteiger partial charge in [-0.1, -0.05) is 22.0 Å². The second kappa shape index (κ2) is 6.26. The van der Waals surface area contributed by atoms with Crippen molar-refractivity contribution in [2.45, 2.75) is 20.3 Å². The largest absolute Gasteiger partial charge is 0.496 e. The predicted octanol–water partition coefficient (Wildman–Crippen LogP) is 3.14. The number of aryl methyl sites for hydroxylation is 2. The molecule has 0 aliphatic heterocycles. The molecule has 0 radical (unpaired) electrons. The third-order valence-corrected chi connectivity index (χ3v) is 3.72. The van der Waals surface area contributed by atoms with Gasteiger partial charge >= 0.3 is 0 Å². The van der Waals surface area contributed by atoms with Crippen LogP contribution < -0.4 is 4.74 Å². The van der Waals surface area contributed by atoms with E-state index < -0.39 is 0 Å². The Bertz CT molecular complexity index is 352. The zero-order chi connectivity index (χ0) is 12.1. The smallest absolute Gasteiger partial charge is 0.122 e. The van der Waals surface area contributed by atoms with Gasteiger partial charge in [0.2, 0.25) is 0 Å². The van der Waals surface area contributed by atoms with Gasteiger partial charge in [-0.15, -0.1) is 0 Å². The lowest BCUT2D eigenvalue weighted by atomic mass is 10.0. The van der Waals surface area contributed by atoms with Crippen LogP contribution in [0.1, 0.15) is 16.7 Å². The van der Waals surface area contributed by atoms with Gasteiger partial charge in [-0.05, 0) is 50.1 Å². The van der Waals surface area contributed by atoms with Crippen LogP contribution in [0.2, 0.25) is 0 Å². The normalized spacial score (nSPS) is 10.9. The molecular weight excluding hydrogens is 266 g/mol. The molecule has 0 atom stereocenters. The zero-order valence-electron chi connectivity index (χ0n) is 10.5. The van der Waals surface area contributed by atoms with Crippen LogP contribution in [-0.4, -0.2) is 31.1 Å². The van der Waals surface area contributed by atoms with E-state index in [1.807, 2.05) is 0 Å². The van der Waals surface area contributed by atoms with Crippen molar-refractivity contribution < 1.29 is 4.74 Å². The van der Waals surface area contributed by atoms with Crippen molar-refractivity contribution in [3.8, 4) is 5.75 Å². The van der Waals surface area contributed by atoms with E-state index in [1.54, 1.807) is 7.11 Å². The number of halogens is 1. The Hall–Kier alpha value is -0.540. The van der Waals surface area contributed by atoms with Crippen molar-refractivity contribution in [3.05, 3.63) is 28.8 Å². The number of nitrogens with zero attached hydrogens (tertiary/aromatic N) is 1. The lowest BCUT2D eigenvalue weighted by molar-refractivity contribution is 0.385. The quantitative estimate of drug-likeness (QED) is 0.609. The lowest BCUT2D eigenvalue weighted by Crippen LogP contribution is -2.19. The summed E-state index contributed by atoms with van der Waals surface area (Å²) in [6.45, 7) is 5.29. The highest BCUT2D eigenvalue weighted by molar-refractivity contribution is 9.09. The zero-order valence-corrected chi connectivity index (χ0v) is 12.1. The Labute approximate surface area is 107 Å². The first-order chi connectivity index (χ1) is 7.58. The highest BCUT2D eigenvalue weighted by Gasteiger charge is 2.06. The molecule has 1 aromatic rings. The van der Waals surface area contributed by atoms with E-state index in [2.05, 4.69) is 53.9 Å². The van der Waals surface area contributed by atoms with E-state index in [1.165, 1.54) is 16.7 Å². The number of hydrogen-bond acceptors (Lipinski definition) is 2. The fraction of sp³-hybridized carbons (Fsp3) is 0.538. The molecule has 0 unspecified atom stereocenters. The van der Waals surface area contributed by atoms with Crippen LogP contribution in [-0.2, 0) is 6.42 Å². The molecule has 1 aromatic carbocycles. The maximum atomic E-state index is 5.42. The van der Waals surface area contributed by atoms with Crippen molar-refractivity contribution in [2.75, 3.05) is 26.2 Å². The molecule has 0 aromatic heterocycles. The first-order valence-corrected chi connectivity index (χ1v) is 6.59. The van der Waals surface area contributed by atoms with Gasteiger partial charge in [0, 0.05) is 6.54 Å². The molecule has 0 aliphatic rings. The predicted molar refractivity (Wildman–Crippen MR) is 72.6 cm³/mol. The van der Waals surface area contributed by atoms with E-state index in [0.29, 0.717) is 0 Å². The summed E-state index contributed by atoms with van der Waals surface area (Å²) < 4.78 is 5.42. The molecule has 0 heterocycles. The van der Waals surface area contributed by atoms with Gasteiger partial charge in [-0.25, -0.2) is 0 Å². The molecule has 90 valence electrons. The van der Waals surface area contributed by atoms with Crippen LogP contribution in [0.25, 0.3) is 0 Å². The standard InChI is InChI=1S/C13H20BrNO/c1-10-7-12(5-6-15(3)9-14)13(16-4)8-11(10)2/h7-8H,5-6,9H2,1-4H3. The molecule has 0 saturated carbocycles. The van der Waals surface area contributed by atoms with Crippen molar-refractivity contribution >= 4 is 15.9 Å². The number of hydrogen-bond donors (Lipinski definition) is 0. The fourth-order valence-electron chi connectivity index (χ4n) is 1.61. The fourth-order valence-corrected chi connectivity index (χ4v) is 1.86. The third-order valence-electron chi connectivity index (χ3n) is 2.86. The molecule has 3 heteroatoms. The monoisotopic (exact) mass is 285 g/mol. The van der Waals surface area contributed by atoms with Gasteiger partial charge < -0.3 is 4.74 Å². The average Bonchev–Trinajstić information content (AvgIpc) is 2.29. The minimum atomic E-state index is 0.903. The van der Waals surface area contributed by atoms with Gasteiger partial charge in [0.25, 0.3) is 0 Å². The Morgan fingerprint density at radius 1 is 1.25 bits per heavy atom. The van der Waals surface area contributed by atoms with Crippen LogP contribution >= 0.6 is 15.9 Å². The minimum Gasteiger partial charge on any atom is -0.496 e. The van der Waals surface area contributed by atoms with Gasteiger partial charge in [0.1, 0.15) is 5.75 Å².